The van der Waals surface area contributed by atoms with Crippen LogP contribution in [0.3, 0.4) is 0 Å². The number of rotatable bonds is 9. The van der Waals surface area contributed by atoms with E-state index in [0.29, 0.717) is 30.3 Å². The molecule has 21 heavy (non-hydrogen) atoms. The Hall–Kier alpha value is -0.950. The molecule has 0 fully saturated rings. The molecule has 0 saturated heterocycles. The molecule has 0 aliphatic heterocycles. The van der Waals surface area contributed by atoms with Gasteiger partial charge in [-0.3, -0.25) is 0 Å². The largest absolute Gasteiger partial charge is 0.392 e. The van der Waals surface area contributed by atoms with Gasteiger partial charge < -0.3 is 9.84 Å². The van der Waals surface area contributed by atoms with Crippen molar-refractivity contribution in [3.8, 4) is 0 Å². The fourth-order valence-electron chi connectivity index (χ4n) is 1.87. The van der Waals surface area contributed by atoms with Crippen molar-refractivity contribution in [2.45, 2.75) is 38.7 Å². The van der Waals surface area contributed by atoms with E-state index in [1.807, 2.05) is 0 Å². The minimum Gasteiger partial charge on any atom is -0.392 e. The quantitative estimate of drug-likeness (QED) is 0.682. The average molecular weight is 315 g/mol. The molecule has 2 N–H and O–H groups in total. The van der Waals surface area contributed by atoms with Crippen LogP contribution >= 0.6 is 0 Å². The van der Waals surface area contributed by atoms with Crippen molar-refractivity contribution in [2.75, 3.05) is 19.8 Å². The third-order valence-corrected chi connectivity index (χ3v) is 4.84. The molecule has 0 amide bonds. The summed E-state index contributed by atoms with van der Waals surface area (Å²) < 4.78 is 32.3. The molecule has 0 atom stereocenters. The number of hydrogen-bond donors (Lipinski definition) is 2. The molecule has 0 bridgehead atoms. The molecule has 5 nitrogen and oxygen atoms in total. The van der Waals surface area contributed by atoms with E-state index in [1.54, 1.807) is 19.1 Å². The predicted molar refractivity (Wildman–Crippen MR) is 82.6 cm³/mol. The van der Waals surface area contributed by atoms with E-state index in [1.165, 1.54) is 6.07 Å². The summed E-state index contributed by atoms with van der Waals surface area (Å²) in [6, 6.07) is 4.88. The van der Waals surface area contributed by atoms with E-state index < -0.39 is 10.0 Å². The van der Waals surface area contributed by atoms with Crippen LogP contribution in [0.25, 0.3) is 0 Å². The van der Waals surface area contributed by atoms with Crippen LogP contribution in [-0.2, 0) is 21.4 Å². The summed E-state index contributed by atoms with van der Waals surface area (Å²) >= 11 is 0. The van der Waals surface area contributed by atoms with Crippen molar-refractivity contribution in [1.29, 1.82) is 0 Å². The summed E-state index contributed by atoms with van der Waals surface area (Å²) in [5.74, 6) is 0.575. The van der Waals surface area contributed by atoms with E-state index in [9.17, 15) is 13.5 Å². The van der Waals surface area contributed by atoms with Gasteiger partial charge in [-0.15, -0.1) is 0 Å². The first-order valence-electron chi connectivity index (χ1n) is 7.15. The van der Waals surface area contributed by atoms with Crippen LogP contribution in [0, 0.1) is 12.8 Å². The van der Waals surface area contributed by atoms with Gasteiger partial charge in [-0.05, 0) is 36.5 Å². The highest BCUT2D eigenvalue weighted by Crippen LogP contribution is 2.18. The minimum absolute atomic E-state index is 0.173. The monoisotopic (exact) mass is 315 g/mol. The molecule has 1 rings (SSSR count). The van der Waals surface area contributed by atoms with Crippen molar-refractivity contribution in [3.63, 3.8) is 0 Å². The Morgan fingerprint density at radius 1 is 1.29 bits per heavy atom. The third-order valence-electron chi connectivity index (χ3n) is 3.23. The van der Waals surface area contributed by atoms with Crippen LogP contribution in [0.1, 0.15) is 31.4 Å². The Bertz CT molecular complexity index is 541. The standard InChI is InChI=1S/C15H25NO4S/c1-12(2)7-9-20-10-8-16-21(18,19)15-6-4-5-14(11-17)13(15)3/h4-6,12,16-17H,7-11H2,1-3H3. The predicted octanol–water partition coefficient (Wildman–Crippen LogP) is 1.83. The summed E-state index contributed by atoms with van der Waals surface area (Å²) in [5, 5.41) is 9.19. The third kappa shape index (κ3) is 5.74. The van der Waals surface area contributed by atoms with Gasteiger partial charge in [0, 0.05) is 13.2 Å². The molecule has 1 aromatic rings. The first-order chi connectivity index (χ1) is 9.88. The summed E-state index contributed by atoms with van der Waals surface area (Å²) in [5.41, 5.74) is 1.19. The van der Waals surface area contributed by atoms with Crippen LogP contribution in [0.5, 0.6) is 0 Å². The highest BCUT2D eigenvalue weighted by molar-refractivity contribution is 7.89. The van der Waals surface area contributed by atoms with Gasteiger partial charge in [0.25, 0.3) is 0 Å². The number of nitrogens with one attached hydrogen (secondary N) is 1. The summed E-state index contributed by atoms with van der Waals surface area (Å²) in [7, 11) is -3.57. The van der Waals surface area contributed by atoms with Gasteiger partial charge in [0.2, 0.25) is 10.0 Å². The maximum Gasteiger partial charge on any atom is 0.240 e. The zero-order chi connectivity index (χ0) is 15.9. The Labute approximate surface area is 127 Å². The molecule has 0 heterocycles. The highest BCUT2D eigenvalue weighted by atomic mass is 32.2. The lowest BCUT2D eigenvalue weighted by atomic mass is 10.1. The van der Waals surface area contributed by atoms with Crippen molar-refractivity contribution in [2.24, 2.45) is 5.92 Å². The van der Waals surface area contributed by atoms with Gasteiger partial charge in [0.05, 0.1) is 18.1 Å². The first kappa shape index (κ1) is 18.1. The first-order valence-corrected chi connectivity index (χ1v) is 8.63. The van der Waals surface area contributed by atoms with Gasteiger partial charge in [-0.2, -0.15) is 0 Å². The molecular weight excluding hydrogens is 290 g/mol. The van der Waals surface area contributed by atoms with Crippen LogP contribution in [0.15, 0.2) is 23.1 Å². The number of aliphatic hydroxyl groups is 1. The molecule has 120 valence electrons. The Morgan fingerprint density at radius 2 is 2.00 bits per heavy atom. The maximum absolute atomic E-state index is 12.2. The number of benzene rings is 1. The van der Waals surface area contributed by atoms with Gasteiger partial charge in [0.1, 0.15) is 0 Å². The fraction of sp³-hybridized carbons (Fsp3) is 0.600. The van der Waals surface area contributed by atoms with Gasteiger partial charge in [-0.25, -0.2) is 13.1 Å². The Morgan fingerprint density at radius 3 is 2.62 bits per heavy atom. The Balaban J connectivity index is 2.54. The van der Waals surface area contributed by atoms with Gasteiger partial charge in [0.15, 0.2) is 0 Å². The summed E-state index contributed by atoms with van der Waals surface area (Å²) in [6.07, 6.45) is 0.963. The lowest BCUT2D eigenvalue weighted by Gasteiger charge is -2.12. The zero-order valence-corrected chi connectivity index (χ0v) is 13.7. The molecule has 0 spiro atoms. The average Bonchev–Trinajstić information content (AvgIpc) is 2.42. The lowest BCUT2D eigenvalue weighted by molar-refractivity contribution is 0.128. The molecule has 6 heteroatoms. The maximum atomic E-state index is 12.2. The van der Waals surface area contributed by atoms with E-state index in [-0.39, 0.29) is 18.0 Å². The molecule has 0 aliphatic carbocycles. The molecule has 0 radical (unpaired) electrons. The zero-order valence-electron chi connectivity index (χ0n) is 12.9. The van der Waals surface area contributed by atoms with Crippen molar-refractivity contribution in [1.82, 2.24) is 4.72 Å². The number of aliphatic hydroxyl groups excluding tert-OH is 1. The number of ether oxygens (including phenoxy) is 1. The second-order valence-electron chi connectivity index (χ2n) is 5.39. The van der Waals surface area contributed by atoms with E-state index in [4.69, 9.17) is 4.74 Å². The fourth-order valence-corrected chi connectivity index (χ4v) is 3.17. The molecular formula is C15H25NO4S. The van der Waals surface area contributed by atoms with Gasteiger partial charge in [-0.1, -0.05) is 26.0 Å². The van der Waals surface area contributed by atoms with Crippen molar-refractivity contribution >= 4 is 10.0 Å². The SMILES string of the molecule is Cc1c(CO)cccc1S(=O)(=O)NCCOCCC(C)C. The second-order valence-corrected chi connectivity index (χ2v) is 7.13. The molecule has 0 aromatic heterocycles. The molecule has 0 saturated carbocycles. The number of hydrogen-bond acceptors (Lipinski definition) is 4. The minimum atomic E-state index is -3.57. The Kier molecular flexibility index (Phi) is 7.31. The normalized spacial score (nSPS) is 12.0. The van der Waals surface area contributed by atoms with Crippen LogP contribution in [0.2, 0.25) is 0 Å². The molecule has 0 aliphatic rings. The highest BCUT2D eigenvalue weighted by Gasteiger charge is 2.17. The van der Waals surface area contributed by atoms with Gasteiger partial charge >= 0.3 is 0 Å². The smallest absolute Gasteiger partial charge is 0.240 e. The number of sulfonamides is 1. The van der Waals surface area contributed by atoms with E-state index in [2.05, 4.69) is 18.6 Å². The second kappa shape index (κ2) is 8.48. The van der Waals surface area contributed by atoms with Crippen molar-refractivity contribution in [3.05, 3.63) is 29.3 Å². The topological polar surface area (TPSA) is 75.6 Å². The van der Waals surface area contributed by atoms with E-state index in [0.717, 1.165) is 6.42 Å². The van der Waals surface area contributed by atoms with Crippen LogP contribution in [-0.4, -0.2) is 33.3 Å². The van der Waals surface area contributed by atoms with E-state index >= 15 is 0 Å². The van der Waals surface area contributed by atoms with Crippen LogP contribution in [0.4, 0.5) is 0 Å². The lowest BCUT2D eigenvalue weighted by Crippen LogP contribution is -2.28. The molecule has 0 unspecified atom stereocenters. The van der Waals surface area contributed by atoms with Crippen LogP contribution < -0.4 is 4.72 Å². The summed E-state index contributed by atoms with van der Waals surface area (Å²) in [6.45, 7) is 6.98. The molecule has 1 aromatic carbocycles. The summed E-state index contributed by atoms with van der Waals surface area (Å²) in [4.78, 5) is 0.205. The van der Waals surface area contributed by atoms with Crippen molar-refractivity contribution < 1.29 is 18.3 Å².